The third-order valence-electron chi connectivity index (χ3n) is 4.59. The van der Waals surface area contributed by atoms with E-state index in [0.717, 1.165) is 0 Å². The number of carboxylic acid groups (broad SMARTS) is 1. The molecule has 1 heterocycles. The molecular formula is C23H14ClFN2O3. The predicted octanol–water partition coefficient (Wildman–Crippen LogP) is 5.64. The van der Waals surface area contributed by atoms with Crippen molar-refractivity contribution in [3.8, 4) is 11.3 Å². The number of carbonyl (C=O) groups is 2. The van der Waals surface area contributed by atoms with E-state index in [1.807, 2.05) is 0 Å². The van der Waals surface area contributed by atoms with E-state index in [-0.39, 0.29) is 22.1 Å². The average Bonchev–Trinajstić information content (AvgIpc) is 2.74. The summed E-state index contributed by atoms with van der Waals surface area (Å²) in [4.78, 5) is 28.7. The van der Waals surface area contributed by atoms with Crippen LogP contribution in [0.4, 0.5) is 10.1 Å². The number of halogens is 2. The number of carbonyl (C=O) groups excluding carboxylic acids is 1. The summed E-state index contributed by atoms with van der Waals surface area (Å²) >= 11 is 6.26. The molecule has 0 aliphatic rings. The van der Waals surface area contributed by atoms with Gasteiger partial charge < -0.3 is 10.4 Å². The highest BCUT2D eigenvalue weighted by molar-refractivity contribution is 6.34. The normalized spacial score (nSPS) is 10.7. The van der Waals surface area contributed by atoms with Crippen LogP contribution in [0.15, 0.2) is 72.9 Å². The summed E-state index contributed by atoms with van der Waals surface area (Å²) in [6.07, 6.45) is 1.59. The Balaban J connectivity index is 1.73. The van der Waals surface area contributed by atoms with Crippen molar-refractivity contribution in [3.63, 3.8) is 0 Å². The Kier molecular flexibility index (Phi) is 5.16. The van der Waals surface area contributed by atoms with Crippen LogP contribution < -0.4 is 5.32 Å². The zero-order valence-electron chi connectivity index (χ0n) is 15.4. The van der Waals surface area contributed by atoms with E-state index in [4.69, 9.17) is 11.6 Å². The summed E-state index contributed by atoms with van der Waals surface area (Å²) in [7, 11) is 0. The summed E-state index contributed by atoms with van der Waals surface area (Å²) in [5, 5.41) is 13.7. The Bertz CT molecular complexity index is 1290. The molecule has 3 aromatic carbocycles. The molecule has 0 saturated heterocycles. The fourth-order valence-electron chi connectivity index (χ4n) is 3.12. The molecule has 0 aliphatic carbocycles. The monoisotopic (exact) mass is 420 g/mol. The second kappa shape index (κ2) is 7.93. The first kappa shape index (κ1) is 19.5. The third kappa shape index (κ3) is 3.86. The lowest BCUT2D eigenvalue weighted by Crippen LogP contribution is -2.15. The molecule has 1 amide bonds. The van der Waals surface area contributed by atoms with Crippen LogP contribution in [-0.2, 0) is 0 Å². The number of aromatic carboxylic acids is 1. The van der Waals surface area contributed by atoms with Gasteiger partial charge in [-0.15, -0.1) is 0 Å². The minimum Gasteiger partial charge on any atom is -0.478 e. The first-order valence-corrected chi connectivity index (χ1v) is 9.29. The zero-order valence-corrected chi connectivity index (χ0v) is 16.2. The predicted molar refractivity (Wildman–Crippen MR) is 114 cm³/mol. The number of hydrogen-bond acceptors (Lipinski definition) is 3. The largest absolute Gasteiger partial charge is 0.478 e. The van der Waals surface area contributed by atoms with E-state index in [1.165, 1.54) is 24.3 Å². The van der Waals surface area contributed by atoms with Gasteiger partial charge in [-0.25, -0.2) is 9.18 Å². The van der Waals surface area contributed by atoms with E-state index in [2.05, 4.69) is 10.3 Å². The standard InChI is InChI=1S/C23H14ClFN2O3/c24-19-11-18(23(29)30)21(12-17(19)20-3-1-2-8-26-20)27-22(28)15-5-4-14-10-16(25)7-6-13(14)9-15/h1-12H,(H,27,28)(H,29,30). The van der Waals surface area contributed by atoms with Crippen molar-refractivity contribution in [2.75, 3.05) is 5.32 Å². The quantitative estimate of drug-likeness (QED) is 0.447. The maximum Gasteiger partial charge on any atom is 0.337 e. The van der Waals surface area contributed by atoms with Crippen LogP contribution in [0.1, 0.15) is 20.7 Å². The van der Waals surface area contributed by atoms with Crippen LogP contribution in [-0.4, -0.2) is 22.0 Å². The van der Waals surface area contributed by atoms with Gasteiger partial charge in [-0.3, -0.25) is 9.78 Å². The Hall–Kier alpha value is -3.77. The highest BCUT2D eigenvalue weighted by Crippen LogP contribution is 2.32. The number of anilines is 1. The van der Waals surface area contributed by atoms with E-state index < -0.39 is 11.9 Å². The van der Waals surface area contributed by atoms with E-state index in [9.17, 15) is 19.1 Å². The fraction of sp³-hybridized carbons (Fsp3) is 0. The Morgan fingerprint density at radius 3 is 2.47 bits per heavy atom. The molecule has 0 spiro atoms. The molecule has 4 aromatic rings. The molecule has 0 fully saturated rings. The van der Waals surface area contributed by atoms with Crippen molar-refractivity contribution in [2.24, 2.45) is 0 Å². The minimum atomic E-state index is -1.23. The lowest BCUT2D eigenvalue weighted by atomic mass is 10.0. The average molecular weight is 421 g/mol. The van der Waals surface area contributed by atoms with Crippen molar-refractivity contribution in [3.05, 3.63) is 94.9 Å². The summed E-state index contributed by atoms with van der Waals surface area (Å²) < 4.78 is 13.4. The SMILES string of the molecule is O=C(Nc1cc(-c2ccccn2)c(Cl)cc1C(=O)O)c1ccc2cc(F)ccc2c1. The first-order chi connectivity index (χ1) is 14.4. The molecule has 4 rings (SSSR count). The molecule has 0 unspecified atom stereocenters. The summed E-state index contributed by atoms with van der Waals surface area (Å²) in [6, 6.07) is 17.1. The molecule has 30 heavy (non-hydrogen) atoms. The number of pyridine rings is 1. The van der Waals surface area contributed by atoms with Crippen LogP contribution in [0.3, 0.4) is 0 Å². The second-order valence-corrected chi connectivity index (χ2v) is 6.97. The number of benzene rings is 3. The summed E-state index contributed by atoms with van der Waals surface area (Å²) in [5.41, 5.74) is 1.29. The van der Waals surface area contributed by atoms with E-state index >= 15 is 0 Å². The molecular weight excluding hydrogens is 407 g/mol. The zero-order chi connectivity index (χ0) is 21.3. The van der Waals surface area contributed by atoms with Crippen LogP contribution in [0.2, 0.25) is 5.02 Å². The molecule has 0 aliphatic heterocycles. The van der Waals surface area contributed by atoms with E-state index in [0.29, 0.717) is 27.6 Å². The van der Waals surface area contributed by atoms with Crippen molar-refractivity contribution >= 4 is 39.9 Å². The van der Waals surface area contributed by atoms with Gasteiger partial charge in [-0.05, 0) is 59.3 Å². The Labute approximate surface area is 175 Å². The van der Waals surface area contributed by atoms with Gasteiger partial charge in [0.15, 0.2) is 0 Å². The number of rotatable bonds is 4. The number of carboxylic acids is 1. The third-order valence-corrected chi connectivity index (χ3v) is 4.90. The van der Waals surface area contributed by atoms with Gasteiger partial charge in [-0.1, -0.05) is 29.8 Å². The molecule has 0 radical (unpaired) electrons. The molecule has 1 aromatic heterocycles. The van der Waals surface area contributed by atoms with Crippen LogP contribution in [0.25, 0.3) is 22.0 Å². The lowest BCUT2D eigenvalue weighted by molar-refractivity contribution is 0.0698. The summed E-state index contributed by atoms with van der Waals surface area (Å²) in [5.74, 6) is -2.10. The van der Waals surface area contributed by atoms with Gasteiger partial charge >= 0.3 is 5.97 Å². The maximum absolute atomic E-state index is 13.4. The Morgan fingerprint density at radius 1 is 0.967 bits per heavy atom. The number of fused-ring (bicyclic) bond motifs is 1. The van der Waals surface area contributed by atoms with E-state index in [1.54, 1.807) is 48.7 Å². The molecule has 0 bridgehead atoms. The van der Waals surface area contributed by atoms with Gasteiger partial charge in [0.05, 0.1) is 22.0 Å². The number of nitrogens with zero attached hydrogens (tertiary/aromatic N) is 1. The molecule has 0 atom stereocenters. The molecule has 2 N–H and O–H groups in total. The van der Waals surface area contributed by atoms with Gasteiger partial charge in [0, 0.05) is 17.3 Å². The van der Waals surface area contributed by atoms with Crippen molar-refractivity contribution < 1.29 is 19.1 Å². The van der Waals surface area contributed by atoms with Crippen molar-refractivity contribution in [1.29, 1.82) is 0 Å². The molecule has 0 saturated carbocycles. The van der Waals surface area contributed by atoms with Gasteiger partial charge in [0.1, 0.15) is 5.82 Å². The molecule has 7 heteroatoms. The fourth-order valence-corrected chi connectivity index (χ4v) is 3.38. The highest BCUT2D eigenvalue weighted by atomic mass is 35.5. The van der Waals surface area contributed by atoms with Gasteiger partial charge in [0.25, 0.3) is 5.91 Å². The summed E-state index contributed by atoms with van der Waals surface area (Å²) in [6.45, 7) is 0. The molecule has 148 valence electrons. The minimum absolute atomic E-state index is 0.0942. The molecule has 5 nitrogen and oxygen atoms in total. The number of aromatic nitrogens is 1. The highest BCUT2D eigenvalue weighted by Gasteiger charge is 2.18. The number of hydrogen-bond donors (Lipinski definition) is 2. The smallest absolute Gasteiger partial charge is 0.337 e. The Morgan fingerprint density at radius 2 is 1.73 bits per heavy atom. The second-order valence-electron chi connectivity index (χ2n) is 6.56. The van der Waals surface area contributed by atoms with Crippen molar-refractivity contribution in [2.45, 2.75) is 0 Å². The number of amides is 1. The van der Waals surface area contributed by atoms with Crippen molar-refractivity contribution in [1.82, 2.24) is 4.98 Å². The van der Waals surface area contributed by atoms with Crippen LogP contribution in [0, 0.1) is 5.82 Å². The van der Waals surface area contributed by atoms with Gasteiger partial charge in [-0.2, -0.15) is 0 Å². The number of nitrogens with one attached hydrogen (secondary N) is 1. The van der Waals surface area contributed by atoms with Crippen LogP contribution in [0.5, 0.6) is 0 Å². The topological polar surface area (TPSA) is 79.3 Å². The lowest BCUT2D eigenvalue weighted by Gasteiger charge is -2.13. The van der Waals surface area contributed by atoms with Crippen LogP contribution >= 0.6 is 11.6 Å². The maximum atomic E-state index is 13.4. The van der Waals surface area contributed by atoms with Gasteiger partial charge in [0.2, 0.25) is 0 Å². The first-order valence-electron chi connectivity index (χ1n) is 8.91.